The number of amides is 1. The van der Waals surface area contributed by atoms with Crippen molar-refractivity contribution in [1.82, 2.24) is 5.32 Å². The standard InChI is InChI=1S/C16H19NO2S/c1-11(2)17-16(18)15-8-13(10-20-15)9-19-14-6-4-5-12(3)7-14/h4-8,10-11H,9H2,1-3H3,(H,17,18). The minimum atomic E-state index is -0.0215. The SMILES string of the molecule is Cc1cccc(OCc2csc(C(=O)NC(C)C)c2)c1. The maximum absolute atomic E-state index is 11.8. The third-order valence-corrected chi connectivity index (χ3v) is 3.67. The fourth-order valence-electron chi connectivity index (χ4n) is 1.78. The molecular weight excluding hydrogens is 270 g/mol. The Bertz CT molecular complexity index is 590. The van der Waals surface area contributed by atoms with Crippen LogP contribution in [0.4, 0.5) is 0 Å². The molecule has 106 valence electrons. The lowest BCUT2D eigenvalue weighted by Crippen LogP contribution is -2.29. The lowest BCUT2D eigenvalue weighted by atomic mass is 10.2. The van der Waals surface area contributed by atoms with Gasteiger partial charge >= 0.3 is 0 Å². The van der Waals surface area contributed by atoms with Crippen LogP contribution in [0.25, 0.3) is 0 Å². The Morgan fingerprint density at radius 3 is 2.85 bits per heavy atom. The molecule has 2 rings (SSSR count). The first kappa shape index (κ1) is 14.6. The summed E-state index contributed by atoms with van der Waals surface area (Å²) in [6, 6.07) is 9.98. The molecule has 0 atom stereocenters. The minimum absolute atomic E-state index is 0.0215. The third-order valence-electron chi connectivity index (χ3n) is 2.69. The number of rotatable bonds is 5. The normalized spacial score (nSPS) is 10.6. The Labute approximate surface area is 123 Å². The first-order chi connectivity index (χ1) is 9.54. The molecule has 0 aliphatic heterocycles. The molecule has 0 bridgehead atoms. The fourth-order valence-corrected chi connectivity index (χ4v) is 2.58. The number of thiophene rings is 1. The van der Waals surface area contributed by atoms with Crippen LogP contribution in [-0.4, -0.2) is 11.9 Å². The Morgan fingerprint density at radius 1 is 1.35 bits per heavy atom. The van der Waals surface area contributed by atoms with Gasteiger partial charge in [-0.2, -0.15) is 0 Å². The molecule has 0 aliphatic carbocycles. The Morgan fingerprint density at radius 2 is 2.15 bits per heavy atom. The van der Waals surface area contributed by atoms with Gasteiger partial charge in [0.2, 0.25) is 0 Å². The van der Waals surface area contributed by atoms with Gasteiger partial charge in [-0.1, -0.05) is 12.1 Å². The zero-order chi connectivity index (χ0) is 14.5. The molecule has 2 aromatic rings. The Balaban J connectivity index is 1.94. The van der Waals surface area contributed by atoms with Crippen molar-refractivity contribution in [1.29, 1.82) is 0 Å². The van der Waals surface area contributed by atoms with E-state index in [0.717, 1.165) is 16.2 Å². The monoisotopic (exact) mass is 289 g/mol. The molecule has 0 aliphatic rings. The van der Waals surface area contributed by atoms with Crippen molar-refractivity contribution < 1.29 is 9.53 Å². The van der Waals surface area contributed by atoms with Crippen LogP contribution in [0.1, 0.15) is 34.6 Å². The molecule has 0 saturated heterocycles. The summed E-state index contributed by atoms with van der Waals surface area (Å²) in [5.74, 6) is 0.830. The molecule has 0 unspecified atom stereocenters. The second-order valence-electron chi connectivity index (χ2n) is 5.05. The number of carbonyl (C=O) groups excluding carboxylic acids is 1. The van der Waals surface area contributed by atoms with Gasteiger partial charge in [0.15, 0.2) is 0 Å². The molecule has 3 nitrogen and oxygen atoms in total. The van der Waals surface area contributed by atoms with E-state index in [1.807, 2.05) is 56.5 Å². The molecule has 0 spiro atoms. The number of nitrogens with one attached hydrogen (secondary N) is 1. The third kappa shape index (κ3) is 4.10. The first-order valence-electron chi connectivity index (χ1n) is 6.62. The molecule has 1 N–H and O–H groups in total. The highest BCUT2D eigenvalue weighted by Gasteiger charge is 2.10. The number of benzene rings is 1. The number of hydrogen-bond acceptors (Lipinski definition) is 3. The van der Waals surface area contributed by atoms with E-state index in [4.69, 9.17) is 4.74 Å². The predicted molar refractivity (Wildman–Crippen MR) is 82.4 cm³/mol. The maximum Gasteiger partial charge on any atom is 0.261 e. The lowest BCUT2D eigenvalue weighted by molar-refractivity contribution is 0.0947. The summed E-state index contributed by atoms with van der Waals surface area (Å²) < 4.78 is 5.72. The number of ether oxygens (including phenoxy) is 1. The first-order valence-corrected chi connectivity index (χ1v) is 7.50. The number of carbonyl (C=O) groups is 1. The van der Waals surface area contributed by atoms with E-state index >= 15 is 0 Å². The van der Waals surface area contributed by atoms with Crippen molar-refractivity contribution in [2.75, 3.05) is 0 Å². The van der Waals surface area contributed by atoms with Crippen LogP contribution in [0.3, 0.4) is 0 Å². The van der Waals surface area contributed by atoms with Crippen LogP contribution in [0, 0.1) is 6.92 Å². The van der Waals surface area contributed by atoms with Crippen LogP contribution in [0.15, 0.2) is 35.7 Å². The molecule has 20 heavy (non-hydrogen) atoms. The highest BCUT2D eigenvalue weighted by molar-refractivity contribution is 7.12. The molecule has 1 heterocycles. The highest BCUT2D eigenvalue weighted by Crippen LogP contribution is 2.18. The van der Waals surface area contributed by atoms with Crippen molar-refractivity contribution in [3.05, 3.63) is 51.7 Å². The largest absolute Gasteiger partial charge is 0.489 e. The van der Waals surface area contributed by atoms with Gasteiger partial charge in [0, 0.05) is 11.6 Å². The van der Waals surface area contributed by atoms with Gasteiger partial charge in [0.05, 0.1) is 4.88 Å². The molecule has 0 fully saturated rings. The highest BCUT2D eigenvalue weighted by atomic mass is 32.1. The van der Waals surface area contributed by atoms with Crippen molar-refractivity contribution in [3.8, 4) is 5.75 Å². The van der Waals surface area contributed by atoms with Gasteiger partial charge in [0.1, 0.15) is 12.4 Å². The zero-order valence-corrected chi connectivity index (χ0v) is 12.8. The molecule has 0 radical (unpaired) electrons. The average molecular weight is 289 g/mol. The summed E-state index contributed by atoms with van der Waals surface area (Å²) in [5.41, 5.74) is 2.19. The summed E-state index contributed by atoms with van der Waals surface area (Å²) in [6.07, 6.45) is 0. The number of aryl methyl sites for hydroxylation is 1. The van der Waals surface area contributed by atoms with E-state index in [1.165, 1.54) is 16.9 Å². The van der Waals surface area contributed by atoms with E-state index < -0.39 is 0 Å². The quantitative estimate of drug-likeness (QED) is 0.910. The smallest absolute Gasteiger partial charge is 0.261 e. The summed E-state index contributed by atoms with van der Waals surface area (Å²) in [4.78, 5) is 12.6. The molecule has 1 amide bonds. The zero-order valence-electron chi connectivity index (χ0n) is 12.0. The van der Waals surface area contributed by atoms with Gasteiger partial charge in [-0.3, -0.25) is 4.79 Å². The van der Waals surface area contributed by atoms with Crippen molar-refractivity contribution >= 4 is 17.2 Å². The van der Waals surface area contributed by atoms with E-state index in [9.17, 15) is 4.79 Å². The summed E-state index contributed by atoms with van der Waals surface area (Å²) in [6.45, 7) is 6.42. The van der Waals surface area contributed by atoms with Gasteiger partial charge in [-0.25, -0.2) is 0 Å². The molecule has 1 aromatic carbocycles. The second kappa shape index (κ2) is 6.57. The lowest BCUT2D eigenvalue weighted by Gasteiger charge is -2.06. The predicted octanol–water partition coefficient (Wildman–Crippen LogP) is 3.77. The average Bonchev–Trinajstić information content (AvgIpc) is 2.84. The van der Waals surface area contributed by atoms with Crippen molar-refractivity contribution in [2.24, 2.45) is 0 Å². The molecule has 1 aromatic heterocycles. The number of hydrogen-bond donors (Lipinski definition) is 1. The van der Waals surface area contributed by atoms with Crippen molar-refractivity contribution in [3.63, 3.8) is 0 Å². The van der Waals surface area contributed by atoms with E-state index in [-0.39, 0.29) is 11.9 Å². The maximum atomic E-state index is 11.8. The van der Waals surface area contributed by atoms with Crippen LogP contribution >= 0.6 is 11.3 Å². The van der Waals surface area contributed by atoms with E-state index in [1.54, 1.807) is 0 Å². The summed E-state index contributed by atoms with van der Waals surface area (Å²) >= 11 is 1.45. The van der Waals surface area contributed by atoms with E-state index in [2.05, 4.69) is 5.32 Å². The Hall–Kier alpha value is -1.81. The van der Waals surface area contributed by atoms with Crippen molar-refractivity contribution in [2.45, 2.75) is 33.4 Å². The van der Waals surface area contributed by atoms with Crippen LogP contribution < -0.4 is 10.1 Å². The van der Waals surface area contributed by atoms with Gasteiger partial charge in [-0.15, -0.1) is 11.3 Å². The molecule has 0 saturated carbocycles. The van der Waals surface area contributed by atoms with Gasteiger partial charge in [-0.05, 0) is 49.9 Å². The fraction of sp³-hybridized carbons (Fsp3) is 0.312. The van der Waals surface area contributed by atoms with E-state index in [0.29, 0.717) is 6.61 Å². The van der Waals surface area contributed by atoms with Crippen LogP contribution in [-0.2, 0) is 6.61 Å². The topological polar surface area (TPSA) is 38.3 Å². The Kier molecular flexibility index (Phi) is 4.79. The van der Waals surface area contributed by atoms with Gasteiger partial charge in [0.25, 0.3) is 5.91 Å². The van der Waals surface area contributed by atoms with Crippen LogP contribution in [0.5, 0.6) is 5.75 Å². The second-order valence-corrected chi connectivity index (χ2v) is 5.96. The molecular formula is C16H19NO2S. The molecule has 4 heteroatoms. The van der Waals surface area contributed by atoms with Crippen LogP contribution in [0.2, 0.25) is 0 Å². The summed E-state index contributed by atoms with van der Waals surface area (Å²) in [7, 11) is 0. The van der Waals surface area contributed by atoms with Gasteiger partial charge < -0.3 is 10.1 Å². The minimum Gasteiger partial charge on any atom is -0.489 e. The summed E-state index contributed by atoms with van der Waals surface area (Å²) in [5, 5.41) is 4.85.